The topological polar surface area (TPSA) is 101 Å². The summed E-state index contributed by atoms with van der Waals surface area (Å²) in [7, 11) is 1.24. The van der Waals surface area contributed by atoms with Crippen LogP contribution in [0.25, 0.3) is 5.65 Å². The lowest BCUT2D eigenvalue weighted by molar-refractivity contribution is -0.140. The van der Waals surface area contributed by atoms with Gasteiger partial charge < -0.3 is 14.9 Å². The summed E-state index contributed by atoms with van der Waals surface area (Å²) < 4.78 is 5.92. The number of benzene rings is 1. The molecule has 3 rings (SSSR count). The number of carbonyl (C=O) groups excluding carboxylic acids is 1. The van der Waals surface area contributed by atoms with Gasteiger partial charge in [-0.2, -0.15) is 4.98 Å². The van der Waals surface area contributed by atoms with E-state index in [9.17, 15) is 19.8 Å². The molecular weight excluding hydrogens is 360 g/mol. The predicted molar refractivity (Wildman–Crippen MR) is 94.7 cm³/mol. The fourth-order valence-corrected chi connectivity index (χ4v) is 2.92. The number of aromatic nitrogens is 2. The molecule has 0 aliphatic rings. The van der Waals surface area contributed by atoms with Crippen molar-refractivity contribution in [3.63, 3.8) is 0 Å². The van der Waals surface area contributed by atoms with Crippen molar-refractivity contribution in [1.82, 2.24) is 9.38 Å². The molecule has 26 heavy (non-hydrogen) atoms. The molecule has 2 aromatic heterocycles. The van der Waals surface area contributed by atoms with Gasteiger partial charge in [-0.05, 0) is 29.8 Å². The smallest absolute Gasteiger partial charge is 0.306 e. The summed E-state index contributed by atoms with van der Waals surface area (Å²) in [5.41, 5.74) is 0.172. The first-order chi connectivity index (χ1) is 12.4. The normalized spacial score (nSPS) is 12.1. The molecule has 0 spiro atoms. The minimum atomic E-state index is -0.807. The van der Waals surface area contributed by atoms with Gasteiger partial charge in [0.15, 0.2) is 0 Å². The first-order valence-corrected chi connectivity index (χ1v) is 8.05. The molecule has 0 bridgehead atoms. The van der Waals surface area contributed by atoms with Crippen LogP contribution in [0, 0.1) is 0 Å². The highest BCUT2D eigenvalue weighted by Crippen LogP contribution is 2.32. The van der Waals surface area contributed by atoms with Gasteiger partial charge >= 0.3 is 5.97 Å². The molecule has 0 amide bonds. The number of hydrogen-bond donors (Lipinski definition) is 2. The van der Waals surface area contributed by atoms with Crippen molar-refractivity contribution in [2.24, 2.45) is 0 Å². The minimum Gasteiger partial charge on any atom is -0.508 e. The molecule has 7 nitrogen and oxygen atoms in total. The zero-order valence-corrected chi connectivity index (χ0v) is 14.5. The molecule has 134 valence electrons. The SMILES string of the molecule is COC(=O)C[C@@H](c1ccc(O)cc1)c1c(O)nc2ccc(Cl)cn2c1=O. The standard InChI is InChI=1S/C18H15ClN2O5/c1-26-15(23)8-13(10-2-5-12(22)6-3-10)16-17(24)20-14-7-4-11(19)9-21(14)18(16)25/h2-7,9,13,22,24H,8H2,1H3/t13-/m0/s1. The summed E-state index contributed by atoms with van der Waals surface area (Å²) in [5, 5.41) is 20.2. The first-order valence-electron chi connectivity index (χ1n) is 7.67. The van der Waals surface area contributed by atoms with Crippen molar-refractivity contribution in [2.45, 2.75) is 12.3 Å². The van der Waals surface area contributed by atoms with Gasteiger partial charge in [-0.15, -0.1) is 0 Å². The van der Waals surface area contributed by atoms with Crippen molar-refractivity contribution < 1.29 is 19.7 Å². The molecule has 0 fully saturated rings. The van der Waals surface area contributed by atoms with Gasteiger partial charge in [0.05, 0.1) is 24.1 Å². The maximum atomic E-state index is 13.0. The highest BCUT2D eigenvalue weighted by atomic mass is 35.5. The Hall–Kier alpha value is -3.06. The molecule has 2 heterocycles. The number of pyridine rings is 1. The van der Waals surface area contributed by atoms with E-state index in [4.69, 9.17) is 16.3 Å². The van der Waals surface area contributed by atoms with Gasteiger partial charge in [-0.1, -0.05) is 23.7 Å². The molecule has 0 unspecified atom stereocenters. The number of phenolic OH excluding ortho intramolecular Hbond substituents is 1. The van der Waals surface area contributed by atoms with Crippen molar-refractivity contribution in [2.75, 3.05) is 7.11 Å². The summed E-state index contributed by atoms with van der Waals surface area (Å²) in [4.78, 5) is 28.9. The number of fused-ring (bicyclic) bond motifs is 1. The zero-order valence-electron chi connectivity index (χ0n) is 13.7. The number of halogens is 1. The van der Waals surface area contributed by atoms with Crippen molar-refractivity contribution >= 4 is 23.2 Å². The summed E-state index contributed by atoms with van der Waals surface area (Å²) >= 11 is 5.95. The number of methoxy groups -OCH3 is 1. The van der Waals surface area contributed by atoms with E-state index in [0.29, 0.717) is 10.6 Å². The largest absolute Gasteiger partial charge is 0.508 e. The van der Waals surface area contributed by atoms with Crippen LogP contribution in [0.1, 0.15) is 23.5 Å². The number of nitrogens with zero attached hydrogens (tertiary/aromatic N) is 2. The lowest BCUT2D eigenvalue weighted by Gasteiger charge is -2.17. The molecule has 0 aliphatic carbocycles. The molecule has 3 aromatic rings. The maximum Gasteiger partial charge on any atom is 0.306 e. The molecule has 1 aromatic carbocycles. The third-order valence-electron chi connectivity index (χ3n) is 4.04. The van der Waals surface area contributed by atoms with Gasteiger partial charge in [0.1, 0.15) is 11.4 Å². The number of phenols is 1. The van der Waals surface area contributed by atoms with E-state index in [2.05, 4.69) is 4.98 Å². The number of aromatic hydroxyl groups is 2. The predicted octanol–water partition coefficient (Wildman–Crippen LogP) is 2.45. The van der Waals surface area contributed by atoms with Crippen molar-refractivity contribution in [1.29, 1.82) is 0 Å². The quantitative estimate of drug-likeness (QED) is 0.680. The summed E-state index contributed by atoms with van der Waals surface area (Å²) in [6.45, 7) is 0. The Morgan fingerprint density at radius 2 is 1.92 bits per heavy atom. The van der Waals surface area contributed by atoms with Gasteiger partial charge in [-0.3, -0.25) is 14.0 Å². The van der Waals surface area contributed by atoms with Gasteiger partial charge in [0.2, 0.25) is 5.88 Å². The van der Waals surface area contributed by atoms with Crippen LogP contribution in [0.15, 0.2) is 47.4 Å². The Balaban J connectivity index is 2.24. The van der Waals surface area contributed by atoms with Crippen LogP contribution in [-0.2, 0) is 9.53 Å². The Bertz CT molecular complexity index is 1030. The van der Waals surface area contributed by atoms with Crippen LogP contribution in [0.3, 0.4) is 0 Å². The number of hydrogen-bond acceptors (Lipinski definition) is 6. The fraction of sp³-hybridized carbons (Fsp3) is 0.167. The second-order valence-corrected chi connectivity index (χ2v) is 6.09. The zero-order chi connectivity index (χ0) is 18.8. The summed E-state index contributed by atoms with van der Waals surface area (Å²) in [6, 6.07) is 9.04. The highest BCUT2D eigenvalue weighted by Gasteiger charge is 2.27. The lowest BCUT2D eigenvalue weighted by atomic mass is 9.89. The van der Waals surface area contributed by atoms with Crippen LogP contribution in [0.2, 0.25) is 5.02 Å². The lowest BCUT2D eigenvalue weighted by Crippen LogP contribution is -2.24. The van der Waals surface area contributed by atoms with Crippen LogP contribution in [-0.4, -0.2) is 32.7 Å². The second-order valence-electron chi connectivity index (χ2n) is 5.65. The number of esters is 1. The Morgan fingerprint density at radius 1 is 1.23 bits per heavy atom. The Morgan fingerprint density at radius 3 is 2.58 bits per heavy atom. The first kappa shape index (κ1) is 17.8. The van der Waals surface area contributed by atoms with Crippen LogP contribution in [0.5, 0.6) is 11.6 Å². The van der Waals surface area contributed by atoms with Crippen LogP contribution in [0.4, 0.5) is 0 Å². The highest BCUT2D eigenvalue weighted by molar-refractivity contribution is 6.30. The summed E-state index contributed by atoms with van der Waals surface area (Å²) in [6.07, 6.45) is 1.21. The van der Waals surface area contributed by atoms with Crippen LogP contribution < -0.4 is 5.56 Å². The Kier molecular flexibility index (Phi) is 4.81. The maximum absolute atomic E-state index is 13.0. The number of rotatable bonds is 4. The van der Waals surface area contributed by atoms with Gasteiger partial charge in [0.25, 0.3) is 5.56 Å². The van der Waals surface area contributed by atoms with Crippen molar-refractivity contribution in [3.8, 4) is 11.6 Å². The van der Waals surface area contributed by atoms with E-state index >= 15 is 0 Å². The third kappa shape index (κ3) is 3.34. The van der Waals surface area contributed by atoms with Gasteiger partial charge in [0, 0.05) is 12.1 Å². The number of ether oxygens (including phenoxy) is 1. The van der Waals surface area contributed by atoms with Gasteiger partial charge in [-0.25, -0.2) is 0 Å². The van der Waals surface area contributed by atoms with E-state index < -0.39 is 23.3 Å². The molecule has 2 N–H and O–H groups in total. The molecule has 0 radical (unpaired) electrons. The average molecular weight is 375 g/mol. The van der Waals surface area contributed by atoms with Crippen molar-refractivity contribution in [3.05, 3.63) is 69.1 Å². The second kappa shape index (κ2) is 7.05. The molecule has 1 atom stereocenters. The number of carbonyl (C=O) groups is 1. The molecular formula is C18H15ClN2O5. The summed E-state index contributed by atoms with van der Waals surface area (Å²) in [5.74, 6) is -1.80. The molecule has 8 heteroatoms. The monoisotopic (exact) mass is 374 g/mol. The van der Waals surface area contributed by atoms with E-state index in [1.807, 2.05) is 0 Å². The molecule has 0 saturated carbocycles. The third-order valence-corrected chi connectivity index (χ3v) is 4.27. The Labute approximate surface area is 153 Å². The fourth-order valence-electron chi connectivity index (χ4n) is 2.76. The van der Waals surface area contributed by atoms with Crippen LogP contribution >= 0.6 is 11.6 Å². The van der Waals surface area contributed by atoms with E-state index in [0.717, 1.165) is 0 Å². The van der Waals surface area contributed by atoms with E-state index in [1.165, 1.54) is 35.9 Å². The average Bonchev–Trinajstić information content (AvgIpc) is 2.62. The minimum absolute atomic E-state index is 0.0370. The molecule has 0 saturated heterocycles. The van der Waals surface area contributed by atoms with E-state index in [1.54, 1.807) is 18.2 Å². The van der Waals surface area contributed by atoms with E-state index in [-0.39, 0.29) is 23.4 Å². The molecule has 0 aliphatic heterocycles.